The SMILES string of the molecule is O=C1CCCN1c1ccc(Cl)c(NC(=O)N2CCO[C@H]3CCCC[C@H]32)c1. The molecule has 7 heteroatoms. The van der Waals surface area contributed by atoms with Crippen molar-refractivity contribution in [2.24, 2.45) is 0 Å². The van der Waals surface area contributed by atoms with Gasteiger partial charge >= 0.3 is 6.03 Å². The van der Waals surface area contributed by atoms with Crippen molar-refractivity contribution in [1.82, 2.24) is 4.90 Å². The van der Waals surface area contributed by atoms with E-state index in [9.17, 15) is 9.59 Å². The minimum Gasteiger partial charge on any atom is -0.374 e. The predicted molar refractivity (Wildman–Crippen MR) is 101 cm³/mol. The molecule has 1 aromatic rings. The topological polar surface area (TPSA) is 61.9 Å². The van der Waals surface area contributed by atoms with Crippen molar-refractivity contribution in [2.75, 3.05) is 29.9 Å². The fourth-order valence-electron chi connectivity index (χ4n) is 4.23. The lowest BCUT2D eigenvalue weighted by atomic mass is 9.90. The lowest BCUT2D eigenvalue weighted by Crippen LogP contribution is -2.56. The van der Waals surface area contributed by atoms with Gasteiger partial charge in [0.2, 0.25) is 5.91 Å². The maximum Gasteiger partial charge on any atom is 0.322 e. The Balaban J connectivity index is 1.51. The first kappa shape index (κ1) is 17.6. The molecule has 0 bridgehead atoms. The molecule has 1 aliphatic carbocycles. The Morgan fingerprint density at radius 3 is 2.85 bits per heavy atom. The highest BCUT2D eigenvalue weighted by atomic mass is 35.5. The van der Waals surface area contributed by atoms with Crippen LogP contribution in [0.4, 0.5) is 16.2 Å². The molecule has 26 heavy (non-hydrogen) atoms. The van der Waals surface area contributed by atoms with E-state index in [0.29, 0.717) is 36.8 Å². The lowest BCUT2D eigenvalue weighted by molar-refractivity contribution is -0.117. The van der Waals surface area contributed by atoms with E-state index < -0.39 is 0 Å². The van der Waals surface area contributed by atoms with Gasteiger partial charge in [-0.05, 0) is 37.5 Å². The van der Waals surface area contributed by atoms with Gasteiger partial charge in [0, 0.05) is 25.2 Å². The summed E-state index contributed by atoms with van der Waals surface area (Å²) in [5, 5.41) is 3.43. The van der Waals surface area contributed by atoms with Crippen LogP contribution in [-0.4, -0.2) is 48.7 Å². The molecule has 3 amide bonds. The van der Waals surface area contributed by atoms with Gasteiger partial charge in [0.15, 0.2) is 0 Å². The van der Waals surface area contributed by atoms with E-state index in [0.717, 1.165) is 37.8 Å². The number of anilines is 2. The largest absolute Gasteiger partial charge is 0.374 e. The molecule has 2 heterocycles. The molecule has 1 N–H and O–H groups in total. The van der Waals surface area contributed by atoms with Crippen molar-refractivity contribution in [3.8, 4) is 0 Å². The number of carbonyl (C=O) groups excluding carboxylic acids is 2. The number of nitrogens with one attached hydrogen (secondary N) is 1. The van der Waals surface area contributed by atoms with Crippen molar-refractivity contribution >= 4 is 34.9 Å². The normalized spacial score (nSPS) is 26.0. The van der Waals surface area contributed by atoms with Gasteiger partial charge in [0.1, 0.15) is 0 Å². The Kier molecular flexibility index (Phi) is 5.05. The monoisotopic (exact) mass is 377 g/mol. The maximum atomic E-state index is 12.9. The van der Waals surface area contributed by atoms with Crippen molar-refractivity contribution in [1.29, 1.82) is 0 Å². The Morgan fingerprint density at radius 1 is 1.19 bits per heavy atom. The second-order valence-electron chi connectivity index (χ2n) is 7.20. The highest BCUT2D eigenvalue weighted by Crippen LogP contribution is 2.32. The van der Waals surface area contributed by atoms with Gasteiger partial charge in [-0.25, -0.2) is 4.79 Å². The van der Waals surface area contributed by atoms with Crippen molar-refractivity contribution in [3.05, 3.63) is 23.2 Å². The van der Waals surface area contributed by atoms with Crippen LogP contribution in [0.1, 0.15) is 38.5 Å². The number of ether oxygens (including phenoxy) is 1. The third kappa shape index (κ3) is 3.40. The van der Waals surface area contributed by atoms with Crippen LogP contribution < -0.4 is 10.2 Å². The van der Waals surface area contributed by atoms with Crippen molar-refractivity contribution < 1.29 is 14.3 Å². The first-order valence-corrected chi connectivity index (χ1v) is 9.80. The smallest absolute Gasteiger partial charge is 0.322 e. The highest BCUT2D eigenvalue weighted by Gasteiger charge is 2.36. The molecule has 140 valence electrons. The molecule has 6 nitrogen and oxygen atoms in total. The number of carbonyl (C=O) groups is 2. The summed E-state index contributed by atoms with van der Waals surface area (Å²) in [5.74, 6) is 0.114. The fourth-order valence-corrected chi connectivity index (χ4v) is 4.40. The van der Waals surface area contributed by atoms with Crippen LogP contribution in [-0.2, 0) is 9.53 Å². The summed E-state index contributed by atoms with van der Waals surface area (Å²) in [6.45, 7) is 1.88. The maximum absolute atomic E-state index is 12.9. The van der Waals surface area contributed by atoms with Gasteiger partial charge in [0.25, 0.3) is 0 Å². The third-order valence-corrected chi connectivity index (χ3v) is 5.90. The number of urea groups is 1. The summed E-state index contributed by atoms with van der Waals surface area (Å²) in [4.78, 5) is 28.5. The standard InChI is InChI=1S/C19H24ClN3O3/c20-14-8-7-13(22-9-3-6-18(22)24)12-15(14)21-19(25)23-10-11-26-17-5-2-1-4-16(17)23/h7-8,12,16-17H,1-6,9-11H2,(H,21,25)/t16-,17+/m1/s1. The number of benzene rings is 1. The van der Waals surface area contributed by atoms with Gasteiger partial charge in [-0.2, -0.15) is 0 Å². The van der Waals surface area contributed by atoms with Gasteiger partial charge < -0.3 is 19.9 Å². The van der Waals surface area contributed by atoms with Crippen LogP contribution in [0, 0.1) is 0 Å². The third-order valence-electron chi connectivity index (χ3n) is 5.57. The Hall–Kier alpha value is -1.79. The Bertz CT molecular complexity index is 709. The molecular weight excluding hydrogens is 354 g/mol. The summed E-state index contributed by atoms with van der Waals surface area (Å²) in [7, 11) is 0. The van der Waals surface area contributed by atoms with E-state index in [1.54, 1.807) is 17.0 Å². The lowest BCUT2D eigenvalue weighted by Gasteiger charge is -2.43. The first-order chi connectivity index (χ1) is 12.6. The summed E-state index contributed by atoms with van der Waals surface area (Å²) >= 11 is 6.30. The molecule has 3 aliphatic rings. The average Bonchev–Trinajstić information content (AvgIpc) is 3.09. The molecule has 3 fully saturated rings. The zero-order valence-corrected chi connectivity index (χ0v) is 15.5. The van der Waals surface area contributed by atoms with Crippen LogP contribution in [0.15, 0.2) is 18.2 Å². The van der Waals surface area contributed by atoms with Gasteiger partial charge in [-0.15, -0.1) is 0 Å². The number of halogens is 1. The first-order valence-electron chi connectivity index (χ1n) is 9.42. The molecule has 1 saturated carbocycles. The molecule has 0 spiro atoms. The molecule has 2 atom stereocenters. The number of hydrogen-bond acceptors (Lipinski definition) is 3. The summed E-state index contributed by atoms with van der Waals surface area (Å²) in [5.41, 5.74) is 1.33. The number of fused-ring (bicyclic) bond motifs is 1. The molecular formula is C19H24ClN3O3. The predicted octanol–water partition coefficient (Wildman–Crippen LogP) is 3.64. The van der Waals surface area contributed by atoms with Crippen LogP contribution >= 0.6 is 11.6 Å². The zero-order chi connectivity index (χ0) is 18.1. The van der Waals surface area contributed by atoms with Crippen molar-refractivity contribution in [3.63, 3.8) is 0 Å². The summed E-state index contributed by atoms with van der Waals surface area (Å²) < 4.78 is 5.84. The van der Waals surface area contributed by atoms with Crippen LogP contribution in [0.5, 0.6) is 0 Å². The Labute approximate surface area is 158 Å². The van der Waals surface area contributed by atoms with Gasteiger partial charge in [0.05, 0.1) is 29.5 Å². The van der Waals surface area contributed by atoms with Crippen LogP contribution in [0.25, 0.3) is 0 Å². The second-order valence-corrected chi connectivity index (χ2v) is 7.60. The molecule has 0 radical (unpaired) electrons. The van der Waals surface area contributed by atoms with Crippen molar-refractivity contribution in [2.45, 2.75) is 50.7 Å². The molecule has 2 aliphatic heterocycles. The van der Waals surface area contributed by atoms with E-state index >= 15 is 0 Å². The summed E-state index contributed by atoms with van der Waals surface area (Å²) in [6.07, 6.45) is 5.86. The minimum absolute atomic E-state index is 0.114. The number of morpholine rings is 1. The molecule has 2 saturated heterocycles. The van der Waals surface area contributed by atoms with E-state index in [-0.39, 0.29) is 24.1 Å². The highest BCUT2D eigenvalue weighted by molar-refractivity contribution is 6.33. The zero-order valence-electron chi connectivity index (χ0n) is 14.7. The number of amides is 3. The van der Waals surface area contributed by atoms with Crippen LogP contribution in [0.3, 0.4) is 0 Å². The number of nitrogens with zero attached hydrogens (tertiary/aromatic N) is 2. The van der Waals surface area contributed by atoms with E-state index in [1.165, 1.54) is 0 Å². The molecule has 4 rings (SSSR count). The van der Waals surface area contributed by atoms with Crippen LogP contribution in [0.2, 0.25) is 5.02 Å². The minimum atomic E-state index is -0.142. The second kappa shape index (κ2) is 7.45. The van der Waals surface area contributed by atoms with Gasteiger partial charge in [-0.3, -0.25) is 4.79 Å². The average molecular weight is 378 g/mol. The van der Waals surface area contributed by atoms with Gasteiger partial charge in [-0.1, -0.05) is 24.4 Å². The van der Waals surface area contributed by atoms with E-state index in [1.807, 2.05) is 11.0 Å². The molecule has 0 unspecified atom stereocenters. The Morgan fingerprint density at radius 2 is 2.04 bits per heavy atom. The number of hydrogen-bond donors (Lipinski definition) is 1. The fraction of sp³-hybridized carbons (Fsp3) is 0.579. The van der Waals surface area contributed by atoms with E-state index in [4.69, 9.17) is 16.3 Å². The summed E-state index contributed by atoms with van der Waals surface area (Å²) in [6, 6.07) is 5.35. The van der Waals surface area contributed by atoms with E-state index in [2.05, 4.69) is 5.32 Å². The number of rotatable bonds is 2. The molecule has 0 aromatic heterocycles. The molecule has 1 aromatic carbocycles. The quantitative estimate of drug-likeness (QED) is 0.855.